The predicted octanol–water partition coefficient (Wildman–Crippen LogP) is 2.12. The van der Waals surface area contributed by atoms with Crippen molar-refractivity contribution < 1.29 is 9.59 Å². The standard InChI is InChI=1S/C14H20N4O2S2/c1-8-6-15-14(22-8)17-11(19)5-3-2-4-10-12-9(7-21-10)16-13(20)18-12/h6,9-10,12H,2-5,7H2,1H3,(H,15,17,19)(H2,16,18,20)/t9-,10+,12+/m0/s1. The van der Waals surface area contributed by atoms with Crippen LogP contribution >= 0.6 is 23.1 Å². The highest BCUT2D eigenvalue weighted by molar-refractivity contribution is 8.00. The number of hydrogen-bond donors (Lipinski definition) is 3. The molecule has 0 aliphatic carbocycles. The molecule has 22 heavy (non-hydrogen) atoms. The van der Waals surface area contributed by atoms with E-state index in [9.17, 15) is 9.59 Å². The molecule has 0 unspecified atom stereocenters. The minimum Gasteiger partial charge on any atom is -0.332 e. The van der Waals surface area contributed by atoms with Gasteiger partial charge in [-0.15, -0.1) is 11.3 Å². The number of carbonyl (C=O) groups is 2. The zero-order valence-corrected chi connectivity index (χ0v) is 14.1. The lowest BCUT2D eigenvalue weighted by molar-refractivity contribution is -0.116. The third-order valence-corrected chi connectivity index (χ3v) is 6.29. The number of aromatic nitrogens is 1. The molecule has 120 valence electrons. The number of amides is 3. The summed E-state index contributed by atoms with van der Waals surface area (Å²) in [6, 6.07) is 0.488. The highest BCUT2D eigenvalue weighted by atomic mass is 32.2. The number of fused-ring (bicyclic) bond motifs is 1. The number of thioether (sulfide) groups is 1. The molecule has 2 aliphatic rings. The number of anilines is 1. The fourth-order valence-corrected chi connectivity index (χ4v) is 5.09. The van der Waals surface area contributed by atoms with Crippen LogP contribution in [-0.2, 0) is 4.79 Å². The Balaban J connectivity index is 1.34. The largest absolute Gasteiger partial charge is 0.332 e. The first-order chi connectivity index (χ1) is 10.6. The molecular weight excluding hydrogens is 320 g/mol. The minimum absolute atomic E-state index is 0.0298. The molecule has 2 aliphatic heterocycles. The van der Waals surface area contributed by atoms with Crippen LogP contribution in [0.2, 0.25) is 0 Å². The second kappa shape index (κ2) is 6.87. The Morgan fingerprint density at radius 3 is 3.09 bits per heavy atom. The molecule has 0 spiro atoms. The summed E-state index contributed by atoms with van der Waals surface area (Å²) in [6.45, 7) is 1.97. The molecule has 1 aromatic rings. The number of carbonyl (C=O) groups excluding carboxylic acids is 2. The summed E-state index contributed by atoms with van der Waals surface area (Å²) in [5, 5.41) is 9.91. The molecule has 3 N–H and O–H groups in total. The zero-order chi connectivity index (χ0) is 15.5. The predicted molar refractivity (Wildman–Crippen MR) is 89.4 cm³/mol. The number of unbranched alkanes of at least 4 members (excludes halogenated alkanes) is 1. The van der Waals surface area contributed by atoms with Crippen molar-refractivity contribution in [2.75, 3.05) is 11.1 Å². The van der Waals surface area contributed by atoms with Crippen molar-refractivity contribution in [2.45, 2.75) is 49.9 Å². The van der Waals surface area contributed by atoms with Gasteiger partial charge in [-0.05, 0) is 19.8 Å². The molecule has 0 saturated carbocycles. The molecule has 1 aromatic heterocycles. The first-order valence-corrected chi connectivity index (χ1v) is 9.39. The average molecular weight is 340 g/mol. The number of urea groups is 1. The monoisotopic (exact) mass is 340 g/mol. The number of aryl methyl sites for hydroxylation is 1. The van der Waals surface area contributed by atoms with E-state index < -0.39 is 0 Å². The second-order valence-electron chi connectivity index (χ2n) is 5.69. The molecule has 8 heteroatoms. The number of hydrogen-bond acceptors (Lipinski definition) is 5. The van der Waals surface area contributed by atoms with Gasteiger partial charge in [0, 0.05) is 28.5 Å². The molecule has 0 aromatic carbocycles. The van der Waals surface area contributed by atoms with E-state index in [4.69, 9.17) is 0 Å². The summed E-state index contributed by atoms with van der Waals surface area (Å²) in [5.41, 5.74) is 0. The highest BCUT2D eigenvalue weighted by Crippen LogP contribution is 2.33. The van der Waals surface area contributed by atoms with Crippen molar-refractivity contribution in [3.05, 3.63) is 11.1 Å². The Morgan fingerprint density at radius 1 is 1.45 bits per heavy atom. The van der Waals surface area contributed by atoms with Crippen molar-refractivity contribution in [3.63, 3.8) is 0 Å². The molecule has 0 bridgehead atoms. The van der Waals surface area contributed by atoms with Gasteiger partial charge in [-0.3, -0.25) is 4.79 Å². The Kier molecular flexibility index (Phi) is 4.87. The van der Waals surface area contributed by atoms with Gasteiger partial charge in [0.25, 0.3) is 0 Å². The topological polar surface area (TPSA) is 83.1 Å². The SMILES string of the molecule is Cc1cnc(NC(=O)CCCC[C@H]2SC[C@@H]3NC(=O)N[C@H]32)s1. The lowest BCUT2D eigenvalue weighted by Gasteiger charge is -2.16. The second-order valence-corrected chi connectivity index (χ2v) is 8.20. The van der Waals surface area contributed by atoms with E-state index in [-0.39, 0.29) is 24.0 Å². The molecule has 0 radical (unpaired) electrons. The van der Waals surface area contributed by atoms with Crippen molar-refractivity contribution in [1.29, 1.82) is 0 Å². The van der Waals surface area contributed by atoms with Crippen molar-refractivity contribution >= 4 is 40.2 Å². The van der Waals surface area contributed by atoms with Crippen molar-refractivity contribution in [1.82, 2.24) is 15.6 Å². The fourth-order valence-electron chi connectivity index (χ4n) is 2.87. The Hall–Kier alpha value is -1.28. The van der Waals surface area contributed by atoms with Gasteiger partial charge in [0.05, 0.1) is 12.1 Å². The maximum Gasteiger partial charge on any atom is 0.315 e. The number of nitrogens with one attached hydrogen (secondary N) is 3. The van der Waals surface area contributed by atoms with Crippen LogP contribution in [0, 0.1) is 6.92 Å². The molecule has 3 atom stereocenters. The van der Waals surface area contributed by atoms with E-state index in [2.05, 4.69) is 20.9 Å². The Bertz CT molecular complexity index is 563. The third-order valence-electron chi connectivity index (χ3n) is 3.95. The fraction of sp³-hybridized carbons (Fsp3) is 0.643. The van der Waals surface area contributed by atoms with Crippen molar-refractivity contribution in [3.8, 4) is 0 Å². The first-order valence-electron chi connectivity index (χ1n) is 7.53. The van der Waals surface area contributed by atoms with Gasteiger partial charge < -0.3 is 16.0 Å². The normalized spacial score (nSPS) is 26.4. The van der Waals surface area contributed by atoms with Gasteiger partial charge >= 0.3 is 6.03 Å². The highest BCUT2D eigenvalue weighted by Gasteiger charge is 2.42. The first kappa shape index (κ1) is 15.6. The smallest absolute Gasteiger partial charge is 0.315 e. The quantitative estimate of drug-likeness (QED) is 0.547. The van der Waals surface area contributed by atoms with Crippen molar-refractivity contribution in [2.24, 2.45) is 0 Å². The summed E-state index contributed by atoms with van der Waals surface area (Å²) in [7, 11) is 0. The van der Waals surface area contributed by atoms with E-state index >= 15 is 0 Å². The number of thiazole rings is 1. The van der Waals surface area contributed by atoms with Crippen LogP contribution in [0.3, 0.4) is 0 Å². The average Bonchev–Trinajstić information content (AvgIpc) is 3.12. The molecule has 2 saturated heterocycles. The van der Waals surface area contributed by atoms with E-state index in [0.717, 1.165) is 29.9 Å². The third kappa shape index (κ3) is 3.73. The van der Waals surface area contributed by atoms with Crippen LogP contribution in [0.25, 0.3) is 0 Å². The maximum absolute atomic E-state index is 11.8. The summed E-state index contributed by atoms with van der Waals surface area (Å²) in [4.78, 5) is 28.4. The van der Waals surface area contributed by atoms with E-state index in [1.807, 2.05) is 18.7 Å². The zero-order valence-electron chi connectivity index (χ0n) is 12.4. The summed E-state index contributed by atoms with van der Waals surface area (Å²) in [5.74, 6) is 1.01. The number of rotatable bonds is 6. The lowest BCUT2D eigenvalue weighted by Crippen LogP contribution is -2.36. The number of nitrogens with zero attached hydrogens (tertiary/aromatic N) is 1. The lowest BCUT2D eigenvalue weighted by atomic mass is 10.0. The van der Waals surface area contributed by atoms with Crippen LogP contribution in [0.5, 0.6) is 0 Å². The van der Waals surface area contributed by atoms with Gasteiger partial charge in [0.1, 0.15) is 0 Å². The van der Waals surface area contributed by atoms with Gasteiger partial charge in [-0.25, -0.2) is 9.78 Å². The Morgan fingerprint density at radius 2 is 2.32 bits per heavy atom. The van der Waals surface area contributed by atoms with E-state index in [1.54, 1.807) is 6.20 Å². The van der Waals surface area contributed by atoms with Crippen LogP contribution in [0.1, 0.15) is 30.6 Å². The minimum atomic E-state index is -0.0431. The molecule has 3 heterocycles. The summed E-state index contributed by atoms with van der Waals surface area (Å²) in [6.07, 6.45) is 5.19. The van der Waals surface area contributed by atoms with Crippen LogP contribution in [0.4, 0.5) is 9.93 Å². The van der Waals surface area contributed by atoms with Gasteiger partial charge in [-0.1, -0.05) is 6.42 Å². The molecule has 3 amide bonds. The van der Waals surface area contributed by atoms with E-state index in [1.165, 1.54) is 11.3 Å². The van der Waals surface area contributed by atoms with Crippen LogP contribution in [0.15, 0.2) is 6.20 Å². The van der Waals surface area contributed by atoms with Crippen LogP contribution < -0.4 is 16.0 Å². The van der Waals surface area contributed by atoms with Gasteiger partial charge in [0.2, 0.25) is 5.91 Å². The molecule has 6 nitrogen and oxygen atoms in total. The molecule has 3 rings (SSSR count). The molecule has 2 fully saturated rings. The van der Waals surface area contributed by atoms with Crippen LogP contribution in [-0.4, -0.2) is 40.0 Å². The summed E-state index contributed by atoms with van der Waals surface area (Å²) < 4.78 is 0. The molecular formula is C14H20N4O2S2. The van der Waals surface area contributed by atoms with Gasteiger partial charge in [-0.2, -0.15) is 11.8 Å². The summed E-state index contributed by atoms with van der Waals surface area (Å²) >= 11 is 3.41. The van der Waals surface area contributed by atoms with Gasteiger partial charge in [0.15, 0.2) is 5.13 Å². The Labute approximate surface area is 137 Å². The maximum atomic E-state index is 11.8. The van der Waals surface area contributed by atoms with E-state index in [0.29, 0.717) is 16.8 Å².